The normalized spacial score (nSPS) is 28.9. The Morgan fingerprint density at radius 1 is 1.37 bits per heavy atom. The first-order valence-corrected chi connectivity index (χ1v) is 8.20. The fraction of sp³-hybridized carbons (Fsp3) is 0.462. The van der Waals surface area contributed by atoms with Crippen LogP contribution in [0.3, 0.4) is 0 Å². The van der Waals surface area contributed by atoms with Gasteiger partial charge in [-0.2, -0.15) is 8.42 Å². The van der Waals surface area contributed by atoms with Crippen LogP contribution in [0.15, 0.2) is 33.6 Å². The third-order valence-corrected chi connectivity index (χ3v) is 5.69. The second-order valence-corrected chi connectivity index (χ2v) is 7.25. The van der Waals surface area contributed by atoms with Gasteiger partial charge in [0, 0.05) is 24.0 Å². The Balaban J connectivity index is 1.99. The molecule has 1 saturated heterocycles. The van der Waals surface area contributed by atoms with E-state index in [1.54, 1.807) is 12.1 Å². The number of fused-ring (bicyclic) bond motifs is 1. The molecule has 0 spiro atoms. The molecule has 0 saturated carbocycles. The molecule has 2 aliphatic rings. The van der Waals surface area contributed by atoms with Crippen molar-refractivity contribution < 1.29 is 8.42 Å². The van der Waals surface area contributed by atoms with Gasteiger partial charge in [0.25, 0.3) is 10.0 Å². The molecule has 0 aliphatic carbocycles. The fourth-order valence-electron chi connectivity index (χ4n) is 2.63. The number of hydrogen-bond acceptors (Lipinski definition) is 3. The summed E-state index contributed by atoms with van der Waals surface area (Å²) in [7, 11) is -3.52. The highest BCUT2D eigenvalue weighted by Gasteiger charge is 2.34. The largest absolute Gasteiger partial charge is 0.355 e. The van der Waals surface area contributed by atoms with Gasteiger partial charge in [0.05, 0.1) is 0 Å². The maximum atomic E-state index is 12.0. The van der Waals surface area contributed by atoms with Crippen molar-refractivity contribution in [1.82, 2.24) is 4.90 Å². The van der Waals surface area contributed by atoms with Crippen LogP contribution in [0.4, 0.5) is 0 Å². The molecule has 0 N–H and O–H groups in total. The fourth-order valence-corrected chi connectivity index (χ4v) is 4.03. The first-order chi connectivity index (χ1) is 8.99. The van der Waals surface area contributed by atoms with Gasteiger partial charge >= 0.3 is 0 Å². The standard InChI is InChI=1S/C13H15ClN2O2S/c1-9-8-16(7-6-11(9)14)13-10-4-2-3-5-12(10)19(17,18)15-13/h2-5,9,11H,6-8H2,1H3. The van der Waals surface area contributed by atoms with E-state index in [4.69, 9.17) is 11.6 Å². The molecule has 2 atom stereocenters. The minimum atomic E-state index is -3.52. The summed E-state index contributed by atoms with van der Waals surface area (Å²) in [5, 5.41) is 0.158. The summed E-state index contributed by atoms with van der Waals surface area (Å²) < 4.78 is 28.0. The van der Waals surface area contributed by atoms with Crippen LogP contribution in [-0.2, 0) is 10.0 Å². The molecule has 4 nitrogen and oxygen atoms in total. The van der Waals surface area contributed by atoms with Crippen LogP contribution in [0.2, 0.25) is 0 Å². The number of alkyl halides is 1. The van der Waals surface area contributed by atoms with Crippen LogP contribution in [0, 0.1) is 5.92 Å². The van der Waals surface area contributed by atoms with E-state index < -0.39 is 10.0 Å². The quantitative estimate of drug-likeness (QED) is 0.689. The van der Waals surface area contributed by atoms with Crippen molar-refractivity contribution in [2.24, 2.45) is 10.3 Å². The van der Waals surface area contributed by atoms with Crippen LogP contribution in [0.1, 0.15) is 18.9 Å². The lowest BCUT2D eigenvalue weighted by atomic mass is 9.98. The molecule has 1 fully saturated rings. The van der Waals surface area contributed by atoms with E-state index in [2.05, 4.69) is 11.3 Å². The van der Waals surface area contributed by atoms with Gasteiger partial charge in [-0.1, -0.05) is 19.1 Å². The van der Waals surface area contributed by atoms with E-state index in [0.717, 1.165) is 19.5 Å². The average Bonchev–Trinajstić information content (AvgIpc) is 2.66. The van der Waals surface area contributed by atoms with Gasteiger partial charge in [-0.05, 0) is 24.5 Å². The number of rotatable bonds is 0. The lowest BCUT2D eigenvalue weighted by Crippen LogP contribution is -2.43. The Hall–Kier alpha value is -1.07. The van der Waals surface area contributed by atoms with Gasteiger partial charge < -0.3 is 4.90 Å². The highest BCUT2D eigenvalue weighted by atomic mass is 35.5. The van der Waals surface area contributed by atoms with Crippen LogP contribution >= 0.6 is 11.6 Å². The lowest BCUT2D eigenvalue weighted by Gasteiger charge is -2.35. The predicted octanol–water partition coefficient (Wildman–Crippen LogP) is 2.08. The van der Waals surface area contributed by atoms with E-state index in [9.17, 15) is 8.42 Å². The topological polar surface area (TPSA) is 49.7 Å². The Kier molecular flexibility index (Phi) is 3.06. The first-order valence-electron chi connectivity index (χ1n) is 6.32. The molecular formula is C13H15ClN2O2S. The van der Waals surface area contributed by atoms with E-state index in [0.29, 0.717) is 22.2 Å². The smallest absolute Gasteiger partial charge is 0.285 e. The predicted molar refractivity (Wildman–Crippen MR) is 75.2 cm³/mol. The molecule has 6 heteroatoms. The minimum absolute atomic E-state index is 0.158. The molecule has 2 aliphatic heterocycles. The van der Waals surface area contributed by atoms with E-state index >= 15 is 0 Å². The summed E-state index contributed by atoms with van der Waals surface area (Å²) in [5.74, 6) is 0.902. The Morgan fingerprint density at radius 2 is 2.11 bits per heavy atom. The number of nitrogens with zero attached hydrogens (tertiary/aromatic N) is 2. The van der Waals surface area contributed by atoms with Crippen LogP contribution in [0.25, 0.3) is 0 Å². The first kappa shape index (κ1) is 12.9. The molecule has 0 bridgehead atoms. The second kappa shape index (κ2) is 4.49. The highest BCUT2D eigenvalue weighted by molar-refractivity contribution is 7.90. The highest BCUT2D eigenvalue weighted by Crippen LogP contribution is 2.30. The average molecular weight is 299 g/mol. The molecule has 1 aromatic carbocycles. The molecule has 0 aromatic heterocycles. The monoisotopic (exact) mass is 298 g/mol. The van der Waals surface area contributed by atoms with Crippen LogP contribution in [0.5, 0.6) is 0 Å². The van der Waals surface area contributed by atoms with Crippen molar-refractivity contribution in [3.8, 4) is 0 Å². The molecule has 102 valence electrons. The zero-order chi connectivity index (χ0) is 13.6. The molecule has 1 aromatic rings. The van der Waals surface area contributed by atoms with Crippen molar-refractivity contribution in [2.45, 2.75) is 23.6 Å². The number of hydrogen-bond donors (Lipinski definition) is 0. The summed E-state index contributed by atoms with van der Waals surface area (Å²) >= 11 is 6.21. The molecule has 0 radical (unpaired) electrons. The van der Waals surface area contributed by atoms with Crippen LogP contribution < -0.4 is 0 Å². The van der Waals surface area contributed by atoms with E-state index in [1.165, 1.54) is 0 Å². The second-order valence-electron chi connectivity index (χ2n) is 5.11. The molecule has 0 amide bonds. The van der Waals surface area contributed by atoms with Gasteiger partial charge in [0.2, 0.25) is 0 Å². The minimum Gasteiger partial charge on any atom is -0.355 e. The lowest BCUT2D eigenvalue weighted by molar-refractivity contribution is 0.279. The van der Waals surface area contributed by atoms with Crippen molar-refractivity contribution in [2.75, 3.05) is 13.1 Å². The van der Waals surface area contributed by atoms with Crippen LogP contribution in [-0.4, -0.2) is 37.6 Å². The SMILES string of the molecule is CC1CN(C2=NS(=O)(=O)c3ccccc32)CCC1Cl. The van der Waals surface area contributed by atoms with Crippen molar-refractivity contribution in [3.05, 3.63) is 29.8 Å². The maximum Gasteiger partial charge on any atom is 0.285 e. The maximum absolute atomic E-state index is 12.0. The summed E-state index contributed by atoms with van der Waals surface area (Å²) in [5.41, 5.74) is 0.711. The van der Waals surface area contributed by atoms with Crippen molar-refractivity contribution >= 4 is 27.5 Å². The van der Waals surface area contributed by atoms with E-state index in [-0.39, 0.29) is 5.38 Å². The molecule has 3 rings (SSSR count). The number of sulfonamides is 1. The zero-order valence-electron chi connectivity index (χ0n) is 10.6. The van der Waals surface area contributed by atoms with Gasteiger partial charge in [0.1, 0.15) is 4.90 Å². The number of halogens is 1. The number of amidine groups is 1. The molecule has 2 heterocycles. The number of likely N-dealkylation sites (tertiary alicyclic amines) is 1. The van der Waals surface area contributed by atoms with Crippen molar-refractivity contribution in [1.29, 1.82) is 0 Å². The Morgan fingerprint density at radius 3 is 2.84 bits per heavy atom. The molecule has 2 unspecified atom stereocenters. The summed E-state index contributed by atoms with van der Waals surface area (Å²) in [6.07, 6.45) is 0.851. The zero-order valence-corrected chi connectivity index (χ0v) is 12.2. The molecular weight excluding hydrogens is 284 g/mol. The van der Waals surface area contributed by atoms with Gasteiger partial charge in [-0.3, -0.25) is 0 Å². The number of benzene rings is 1. The summed E-state index contributed by atoms with van der Waals surface area (Å²) in [6, 6.07) is 6.99. The van der Waals surface area contributed by atoms with E-state index in [1.807, 2.05) is 17.0 Å². The Labute approximate surface area is 118 Å². The van der Waals surface area contributed by atoms with Crippen molar-refractivity contribution in [3.63, 3.8) is 0 Å². The third-order valence-electron chi connectivity index (χ3n) is 3.71. The Bertz CT molecular complexity index is 642. The van der Waals surface area contributed by atoms with Gasteiger partial charge in [-0.15, -0.1) is 16.0 Å². The number of piperidine rings is 1. The van der Waals surface area contributed by atoms with Gasteiger partial charge in [-0.25, -0.2) is 0 Å². The van der Waals surface area contributed by atoms with Gasteiger partial charge in [0.15, 0.2) is 5.84 Å². The molecule has 19 heavy (non-hydrogen) atoms. The summed E-state index contributed by atoms with van der Waals surface area (Å²) in [4.78, 5) is 2.35. The third kappa shape index (κ3) is 2.15. The summed E-state index contributed by atoms with van der Waals surface area (Å²) in [6.45, 7) is 3.58.